The van der Waals surface area contributed by atoms with Crippen molar-refractivity contribution >= 4 is 11.3 Å². The number of aromatic nitrogens is 1. The van der Waals surface area contributed by atoms with E-state index in [1.54, 1.807) is 11.3 Å². The number of thiazole rings is 1. The second-order valence-corrected chi connectivity index (χ2v) is 8.17. The van der Waals surface area contributed by atoms with Crippen LogP contribution in [0.4, 0.5) is 0 Å². The van der Waals surface area contributed by atoms with Gasteiger partial charge in [-0.25, -0.2) is 4.98 Å². The van der Waals surface area contributed by atoms with E-state index in [1.165, 1.54) is 30.6 Å². The lowest BCUT2D eigenvalue weighted by atomic mass is 9.90. The largest absolute Gasteiger partial charge is 0.368 e. The van der Waals surface area contributed by atoms with Gasteiger partial charge in [0.05, 0.1) is 5.69 Å². The Bertz CT molecular complexity index is 454. The zero-order valence-electron chi connectivity index (χ0n) is 14.0. The van der Waals surface area contributed by atoms with Gasteiger partial charge in [0.1, 0.15) is 10.6 Å². The SMILES string of the molecule is CCOC1(c2nc(C(C)(C)C)c(CN)s2)CCCCCC1. The lowest BCUT2D eigenvalue weighted by Crippen LogP contribution is -2.29. The summed E-state index contributed by atoms with van der Waals surface area (Å²) in [6, 6.07) is 0. The summed E-state index contributed by atoms with van der Waals surface area (Å²) >= 11 is 1.78. The van der Waals surface area contributed by atoms with Crippen LogP contribution in [-0.2, 0) is 22.3 Å². The Morgan fingerprint density at radius 2 is 1.81 bits per heavy atom. The second kappa shape index (κ2) is 6.76. The molecule has 1 aliphatic carbocycles. The molecule has 4 heteroatoms. The van der Waals surface area contributed by atoms with Gasteiger partial charge in [-0.1, -0.05) is 46.5 Å². The summed E-state index contributed by atoms with van der Waals surface area (Å²) in [7, 11) is 0. The predicted octanol–water partition coefficient (Wildman–Crippen LogP) is 4.49. The Kier molecular flexibility index (Phi) is 5.44. The Labute approximate surface area is 133 Å². The molecule has 2 N–H and O–H groups in total. The first-order chi connectivity index (χ1) is 9.93. The molecule has 3 nitrogen and oxygen atoms in total. The van der Waals surface area contributed by atoms with E-state index in [0.29, 0.717) is 6.54 Å². The van der Waals surface area contributed by atoms with Gasteiger partial charge < -0.3 is 10.5 Å². The van der Waals surface area contributed by atoms with Crippen LogP contribution in [0.1, 0.15) is 81.8 Å². The molecule has 21 heavy (non-hydrogen) atoms. The third kappa shape index (κ3) is 3.66. The molecule has 0 saturated heterocycles. The highest BCUT2D eigenvalue weighted by molar-refractivity contribution is 7.11. The standard InChI is InChI=1S/C17H30N2OS/c1-5-20-17(10-8-6-7-9-11-17)15-19-14(16(2,3)4)13(12-18)21-15/h5-12,18H2,1-4H3. The number of ether oxygens (including phenoxy) is 1. The lowest BCUT2D eigenvalue weighted by molar-refractivity contribution is -0.0561. The maximum atomic E-state index is 6.27. The summed E-state index contributed by atoms with van der Waals surface area (Å²) in [5.74, 6) is 0. The van der Waals surface area contributed by atoms with Crippen LogP contribution < -0.4 is 5.73 Å². The van der Waals surface area contributed by atoms with Gasteiger partial charge in [-0.15, -0.1) is 11.3 Å². The molecule has 1 aliphatic rings. The molecule has 0 bridgehead atoms. The normalized spacial score (nSPS) is 19.5. The monoisotopic (exact) mass is 310 g/mol. The highest BCUT2D eigenvalue weighted by Crippen LogP contribution is 2.43. The summed E-state index contributed by atoms with van der Waals surface area (Å²) in [5, 5.41) is 1.16. The van der Waals surface area contributed by atoms with Crippen molar-refractivity contribution in [3.8, 4) is 0 Å². The molecule has 0 aliphatic heterocycles. The van der Waals surface area contributed by atoms with Crippen molar-refractivity contribution in [1.29, 1.82) is 0 Å². The third-order valence-corrected chi connectivity index (χ3v) is 5.58. The number of hydrogen-bond donors (Lipinski definition) is 1. The zero-order valence-corrected chi connectivity index (χ0v) is 14.8. The molecule has 1 saturated carbocycles. The molecule has 0 spiro atoms. The van der Waals surface area contributed by atoms with Crippen molar-refractivity contribution in [2.24, 2.45) is 5.73 Å². The van der Waals surface area contributed by atoms with Gasteiger partial charge in [0.2, 0.25) is 0 Å². The van der Waals surface area contributed by atoms with Crippen LogP contribution in [0.5, 0.6) is 0 Å². The van der Waals surface area contributed by atoms with Crippen molar-refractivity contribution in [2.75, 3.05) is 6.61 Å². The molecule has 0 amide bonds. The predicted molar refractivity (Wildman–Crippen MR) is 89.7 cm³/mol. The average molecular weight is 311 g/mol. The van der Waals surface area contributed by atoms with Crippen molar-refractivity contribution < 1.29 is 4.74 Å². The van der Waals surface area contributed by atoms with Crippen molar-refractivity contribution in [3.05, 3.63) is 15.6 Å². The van der Waals surface area contributed by atoms with Gasteiger partial charge in [-0.05, 0) is 19.8 Å². The second-order valence-electron chi connectivity index (χ2n) is 7.09. The van der Waals surface area contributed by atoms with Gasteiger partial charge in [0, 0.05) is 23.4 Å². The molecular weight excluding hydrogens is 280 g/mol. The van der Waals surface area contributed by atoms with Crippen molar-refractivity contribution in [2.45, 2.75) is 83.8 Å². The van der Waals surface area contributed by atoms with E-state index in [4.69, 9.17) is 15.5 Å². The molecule has 120 valence electrons. The van der Waals surface area contributed by atoms with Crippen LogP contribution in [0, 0.1) is 0 Å². The quantitative estimate of drug-likeness (QED) is 0.834. The Morgan fingerprint density at radius 1 is 1.19 bits per heavy atom. The smallest absolute Gasteiger partial charge is 0.125 e. The molecule has 1 heterocycles. The van der Waals surface area contributed by atoms with Gasteiger partial charge in [0.15, 0.2) is 0 Å². The Morgan fingerprint density at radius 3 is 2.24 bits per heavy atom. The van der Waals surface area contributed by atoms with Crippen LogP contribution in [0.2, 0.25) is 0 Å². The van der Waals surface area contributed by atoms with E-state index in [-0.39, 0.29) is 11.0 Å². The van der Waals surface area contributed by atoms with E-state index in [0.717, 1.165) is 30.2 Å². The first-order valence-electron chi connectivity index (χ1n) is 8.27. The van der Waals surface area contributed by atoms with Gasteiger partial charge in [0.25, 0.3) is 0 Å². The van der Waals surface area contributed by atoms with E-state index >= 15 is 0 Å². The van der Waals surface area contributed by atoms with Gasteiger partial charge in [-0.2, -0.15) is 0 Å². The Hall–Kier alpha value is -0.450. The lowest BCUT2D eigenvalue weighted by Gasteiger charge is -2.30. The van der Waals surface area contributed by atoms with E-state index in [2.05, 4.69) is 27.7 Å². The maximum Gasteiger partial charge on any atom is 0.125 e. The van der Waals surface area contributed by atoms with E-state index in [1.807, 2.05) is 0 Å². The van der Waals surface area contributed by atoms with Crippen LogP contribution in [-0.4, -0.2) is 11.6 Å². The van der Waals surface area contributed by atoms with Crippen molar-refractivity contribution in [3.63, 3.8) is 0 Å². The molecular formula is C17H30N2OS. The summed E-state index contributed by atoms with van der Waals surface area (Å²) in [5.41, 5.74) is 7.01. The number of hydrogen-bond acceptors (Lipinski definition) is 4. The first-order valence-corrected chi connectivity index (χ1v) is 9.09. The summed E-state index contributed by atoms with van der Waals surface area (Å²) in [6.45, 7) is 10.1. The van der Waals surface area contributed by atoms with Crippen LogP contribution in [0.25, 0.3) is 0 Å². The molecule has 0 radical (unpaired) electrons. The highest BCUT2D eigenvalue weighted by atomic mass is 32.1. The molecule has 1 aromatic rings. The zero-order chi connectivity index (χ0) is 15.5. The van der Waals surface area contributed by atoms with Crippen molar-refractivity contribution in [1.82, 2.24) is 4.98 Å². The highest BCUT2D eigenvalue weighted by Gasteiger charge is 2.38. The van der Waals surface area contributed by atoms with Gasteiger partial charge >= 0.3 is 0 Å². The van der Waals surface area contributed by atoms with Gasteiger partial charge in [-0.3, -0.25) is 0 Å². The fraction of sp³-hybridized carbons (Fsp3) is 0.824. The topological polar surface area (TPSA) is 48.1 Å². The number of nitrogens with zero attached hydrogens (tertiary/aromatic N) is 1. The molecule has 1 fully saturated rings. The maximum absolute atomic E-state index is 6.27. The summed E-state index contributed by atoms with van der Waals surface area (Å²) in [6.07, 6.45) is 7.31. The summed E-state index contributed by atoms with van der Waals surface area (Å²) < 4.78 is 6.27. The fourth-order valence-electron chi connectivity index (χ4n) is 3.27. The number of rotatable bonds is 4. The molecule has 0 aromatic carbocycles. The van der Waals surface area contributed by atoms with E-state index in [9.17, 15) is 0 Å². The average Bonchev–Trinajstić information content (AvgIpc) is 2.74. The van der Waals surface area contributed by atoms with Crippen LogP contribution in [0.3, 0.4) is 0 Å². The van der Waals surface area contributed by atoms with E-state index < -0.39 is 0 Å². The minimum Gasteiger partial charge on any atom is -0.368 e. The first kappa shape index (κ1) is 16.9. The molecule has 0 atom stereocenters. The third-order valence-electron chi connectivity index (χ3n) is 4.31. The van der Waals surface area contributed by atoms with Crippen LogP contribution >= 0.6 is 11.3 Å². The minimum atomic E-state index is -0.163. The molecule has 1 aromatic heterocycles. The number of nitrogens with two attached hydrogens (primary N) is 1. The fourth-order valence-corrected chi connectivity index (χ4v) is 4.62. The molecule has 2 rings (SSSR count). The van der Waals surface area contributed by atoms with Crippen LogP contribution in [0.15, 0.2) is 0 Å². The minimum absolute atomic E-state index is 0.0432. The molecule has 0 unspecified atom stereocenters. The Balaban J connectivity index is 2.43. The summed E-state index contributed by atoms with van der Waals surface area (Å²) in [4.78, 5) is 6.24.